The van der Waals surface area contributed by atoms with Crippen LogP contribution >= 0.6 is 0 Å². The maximum absolute atomic E-state index is 6.90. The average molecular weight is 365 g/mol. The first-order chi connectivity index (χ1) is 12.2. The average Bonchev–Trinajstić information content (AvgIpc) is 2.82. The van der Waals surface area contributed by atoms with E-state index in [0.717, 1.165) is 6.61 Å². The third kappa shape index (κ3) is 2.80. The summed E-state index contributed by atoms with van der Waals surface area (Å²) in [6, 6.07) is 9.29. The zero-order chi connectivity index (χ0) is 19.2. The number of allylic oxidation sites excluding steroid dienone is 1. The highest BCUT2D eigenvalue weighted by Gasteiger charge is 2.55. The third-order valence-electron chi connectivity index (χ3n) is 6.01. The molecule has 0 bridgehead atoms. The molecule has 0 amide bonds. The Morgan fingerprint density at radius 3 is 1.58 bits per heavy atom. The van der Waals surface area contributed by atoms with E-state index < -0.39 is 8.32 Å². The first-order valence-electron chi connectivity index (χ1n) is 9.65. The normalized spacial score (nSPS) is 21.8. The van der Waals surface area contributed by atoms with Crippen LogP contribution in [0.2, 0.25) is 5.54 Å². The van der Waals surface area contributed by atoms with Gasteiger partial charge in [-0.1, -0.05) is 48.4 Å². The summed E-state index contributed by atoms with van der Waals surface area (Å²) in [6.07, 6.45) is 2.18. The van der Waals surface area contributed by atoms with E-state index in [0.29, 0.717) is 11.5 Å². The van der Waals surface area contributed by atoms with Crippen molar-refractivity contribution in [1.29, 1.82) is 0 Å². The molecule has 26 heavy (non-hydrogen) atoms. The van der Waals surface area contributed by atoms with Gasteiger partial charge in [-0.05, 0) is 80.1 Å². The molecule has 1 aliphatic heterocycles. The smallest absolute Gasteiger partial charge is 0.263 e. The molecule has 3 rings (SSSR count). The molecule has 0 aliphatic carbocycles. The molecule has 2 heteroatoms. The first kappa shape index (κ1) is 19.1. The molecule has 2 atom stereocenters. The van der Waals surface area contributed by atoms with Gasteiger partial charge in [0.1, 0.15) is 0 Å². The topological polar surface area (TPSA) is 9.23 Å². The minimum atomic E-state index is -2.42. The summed E-state index contributed by atoms with van der Waals surface area (Å²) in [5, 5.41) is 2.93. The third-order valence-corrected chi connectivity index (χ3v) is 11.4. The van der Waals surface area contributed by atoms with Gasteiger partial charge in [-0.3, -0.25) is 0 Å². The molecule has 1 heterocycles. The second-order valence-electron chi connectivity index (χ2n) is 8.33. The summed E-state index contributed by atoms with van der Waals surface area (Å²) in [6.45, 7) is 20.8. The van der Waals surface area contributed by atoms with Crippen LogP contribution in [0.4, 0.5) is 0 Å². The number of rotatable bonds is 3. The summed E-state index contributed by atoms with van der Waals surface area (Å²) in [5.41, 5.74) is 8.52. The Hall–Kier alpha value is -1.64. The molecule has 0 spiro atoms. The van der Waals surface area contributed by atoms with Crippen LogP contribution in [-0.4, -0.2) is 14.9 Å². The van der Waals surface area contributed by atoms with Gasteiger partial charge in [-0.25, -0.2) is 0 Å². The molecule has 2 aromatic rings. The van der Waals surface area contributed by atoms with Crippen molar-refractivity contribution in [2.24, 2.45) is 5.92 Å². The summed E-state index contributed by atoms with van der Waals surface area (Å²) < 4.78 is 6.90. The van der Waals surface area contributed by atoms with Crippen molar-refractivity contribution < 1.29 is 4.43 Å². The van der Waals surface area contributed by atoms with Crippen LogP contribution in [0.5, 0.6) is 0 Å². The molecule has 2 aromatic carbocycles. The van der Waals surface area contributed by atoms with Gasteiger partial charge in [-0.2, -0.15) is 0 Å². The SMILES string of the molecule is C=C[C@H]1[C@H](C)CO[Si]1(c1c(C)cc(C)cc1C)c1c(C)cc(C)cc1C. The maximum atomic E-state index is 6.90. The molecular formula is C24H32OSi. The second-order valence-corrected chi connectivity index (χ2v) is 11.8. The largest absolute Gasteiger partial charge is 0.407 e. The van der Waals surface area contributed by atoms with Crippen LogP contribution in [0.25, 0.3) is 0 Å². The quantitative estimate of drug-likeness (QED) is 0.560. The molecular weight excluding hydrogens is 332 g/mol. The molecule has 0 radical (unpaired) electrons. The van der Waals surface area contributed by atoms with Gasteiger partial charge in [0.05, 0.1) is 0 Å². The minimum Gasteiger partial charge on any atom is -0.407 e. The number of aryl methyl sites for hydroxylation is 6. The Labute approximate surface area is 160 Å². The second kappa shape index (κ2) is 6.83. The van der Waals surface area contributed by atoms with Crippen molar-refractivity contribution in [1.82, 2.24) is 0 Å². The molecule has 0 unspecified atom stereocenters. The van der Waals surface area contributed by atoms with Crippen molar-refractivity contribution in [2.75, 3.05) is 6.61 Å². The summed E-state index contributed by atoms with van der Waals surface area (Å²) in [5.74, 6) is 0.499. The maximum Gasteiger partial charge on any atom is 0.263 e. The molecule has 1 aliphatic rings. The lowest BCUT2D eigenvalue weighted by Gasteiger charge is -2.37. The summed E-state index contributed by atoms with van der Waals surface area (Å²) in [7, 11) is -2.42. The summed E-state index contributed by atoms with van der Waals surface area (Å²) >= 11 is 0. The van der Waals surface area contributed by atoms with Gasteiger partial charge >= 0.3 is 0 Å². The summed E-state index contributed by atoms with van der Waals surface area (Å²) in [4.78, 5) is 0. The lowest BCUT2D eigenvalue weighted by Crippen LogP contribution is -2.64. The van der Waals surface area contributed by atoms with E-state index in [1.807, 2.05) is 0 Å². The Morgan fingerprint density at radius 2 is 1.23 bits per heavy atom. The van der Waals surface area contributed by atoms with E-state index in [4.69, 9.17) is 4.43 Å². The van der Waals surface area contributed by atoms with Crippen LogP contribution in [0.15, 0.2) is 36.9 Å². The van der Waals surface area contributed by atoms with Crippen molar-refractivity contribution in [3.8, 4) is 0 Å². The van der Waals surface area contributed by atoms with E-state index in [1.54, 1.807) is 0 Å². The number of benzene rings is 2. The molecule has 0 N–H and O–H groups in total. The van der Waals surface area contributed by atoms with E-state index in [9.17, 15) is 0 Å². The zero-order valence-corrected chi connectivity index (χ0v) is 18.4. The van der Waals surface area contributed by atoms with Crippen molar-refractivity contribution in [2.45, 2.75) is 54.0 Å². The predicted molar refractivity (Wildman–Crippen MR) is 115 cm³/mol. The van der Waals surface area contributed by atoms with Gasteiger partial charge in [-0.15, -0.1) is 6.58 Å². The minimum absolute atomic E-state index is 0.391. The molecule has 1 fully saturated rings. The lowest BCUT2D eigenvalue weighted by molar-refractivity contribution is 0.318. The van der Waals surface area contributed by atoms with E-state index >= 15 is 0 Å². The fraction of sp³-hybridized carbons (Fsp3) is 0.417. The van der Waals surface area contributed by atoms with Gasteiger partial charge in [0, 0.05) is 12.1 Å². The van der Waals surface area contributed by atoms with E-state index in [1.165, 1.54) is 43.8 Å². The highest BCUT2D eigenvalue weighted by molar-refractivity contribution is 7.00. The van der Waals surface area contributed by atoms with Crippen molar-refractivity contribution >= 4 is 18.7 Å². The fourth-order valence-corrected chi connectivity index (χ4v) is 11.2. The Bertz CT molecular complexity index is 761. The van der Waals surface area contributed by atoms with Gasteiger partial charge in [0.2, 0.25) is 0 Å². The van der Waals surface area contributed by atoms with E-state index in [2.05, 4.69) is 85.4 Å². The van der Waals surface area contributed by atoms with Crippen LogP contribution in [0.1, 0.15) is 40.3 Å². The monoisotopic (exact) mass is 364 g/mol. The fourth-order valence-electron chi connectivity index (χ4n) is 5.40. The lowest BCUT2D eigenvalue weighted by atomic mass is 10.1. The van der Waals surface area contributed by atoms with Crippen molar-refractivity contribution in [3.05, 3.63) is 70.3 Å². The van der Waals surface area contributed by atoms with Gasteiger partial charge in [0.25, 0.3) is 8.32 Å². The molecule has 1 saturated heterocycles. The number of hydrogen-bond acceptors (Lipinski definition) is 1. The highest BCUT2D eigenvalue weighted by Crippen LogP contribution is 2.40. The first-order valence-corrected chi connectivity index (χ1v) is 11.6. The zero-order valence-electron chi connectivity index (χ0n) is 17.4. The van der Waals surface area contributed by atoms with Crippen molar-refractivity contribution in [3.63, 3.8) is 0 Å². The molecule has 1 nitrogen and oxygen atoms in total. The van der Waals surface area contributed by atoms with Gasteiger partial charge < -0.3 is 4.43 Å². The van der Waals surface area contributed by atoms with Crippen LogP contribution in [-0.2, 0) is 4.43 Å². The van der Waals surface area contributed by atoms with E-state index in [-0.39, 0.29) is 0 Å². The Balaban J connectivity index is 2.43. The number of hydrogen-bond donors (Lipinski definition) is 0. The van der Waals surface area contributed by atoms with Crippen LogP contribution < -0.4 is 10.4 Å². The Morgan fingerprint density at radius 1 is 0.846 bits per heavy atom. The van der Waals surface area contributed by atoms with Crippen LogP contribution in [0, 0.1) is 47.5 Å². The molecule has 138 valence electrons. The standard InChI is InChI=1S/C24H32OSi/c1-9-22-21(8)14-25-26(22,23-17(4)10-15(2)11-18(23)5)24-19(6)12-16(3)13-20(24)7/h9-13,21-22H,1,14H2,2-8H3/t21-,22+/m1/s1. The molecule has 0 aromatic heterocycles. The highest BCUT2D eigenvalue weighted by atomic mass is 28.4. The predicted octanol–water partition coefficient (Wildman–Crippen LogP) is 4.82. The van der Waals surface area contributed by atoms with Crippen LogP contribution in [0.3, 0.4) is 0 Å². The molecule has 0 saturated carbocycles. The Kier molecular flexibility index (Phi) is 5.02. The van der Waals surface area contributed by atoms with Gasteiger partial charge in [0.15, 0.2) is 0 Å².